The summed E-state index contributed by atoms with van der Waals surface area (Å²) in [6, 6.07) is 13.1. The lowest BCUT2D eigenvalue weighted by molar-refractivity contribution is 0.0903. The van der Waals surface area contributed by atoms with Gasteiger partial charge in [-0.3, -0.25) is 4.40 Å². The zero-order valence-electron chi connectivity index (χ0n) is 18.7. The van der Waals surface area contributed by atoms with Crippen molar-refractivity contribution < 1.29 is 9.13 Å². The molecule has 0 saturated carbocycles. The van der Waals surface area contributed by atoms with Crippen LogP contribution in [0.25, 0.3) is 16.9 Å². The van der Waals surface area contributed by atoms with Crippen LogP contribution in [0.5, 0.6) is 0 Å². The molecule has 2 aliphatic rings. The highest BCUT2D eigenvalue weighted by Crippen LogP contribution is 2.35. The summed E-state index contributed by atoms with van der Waals surface area (Å²) in [6.45, 7) is 3.08. The quantitative estimate of drug-likeness (QED) is 0.473. The highest BCUT2D eigenvalue weighted by atomic mass is 19.1. The van der Waals surface area contributed by atoms with Crippen molar-refractivity contribution in [3.63, 3.8) is 0 Å². The summed E-state index contributed by atoms with van der Waals surface area (Å²) >= 11 is 0. The molecule has 2 atom stereocenters. The van der Waals surface area contributed by atoms with E-state index in [1.165, 1.54) is 6.07 Å². The number of halogens is 1. The number of anilines is 1. The topological polar surface area (TPSA) is 89.3 Å². The van der Waals surface area contributed by atoms with Gasteiger partial charge in [0, 0.05) is 62.1 Å². The largest absolute Gasteiger partial charge is 0.381 e. The molecule has 2 N–H and O–H groups in total. The Balaban J connectivity index is 1.27. The fraction of sp³-hybridized carbons (Fsp3) is 0.360. The number of hydrogen-bond acceptors (Lipinski definition) is 7. The van der Waals surface area contributed by atoms with Gasteiger partial charge in [-0.1, -0.05) is 12.1 Å². The van der Waals surface area contributed by atoms with Crippen molar-refractivity contribution in [1.29, 1.82) is 0 Å². The Morgan fingerprint density at radius 1 is 1.03 bits per heavy atom. The van der Waals surface area contributed by atoms with Gasteiger partial charge >= 0.3 is 0 Å². The van der Waals surface area contributed by atoms with Crippen LogP contribution in [0.3, 0.4) is 0 Å². The number of aromatic nitrogens is 5. The van der Waals surface area contributed by atoms with E-state index >= 15 is 0 Å². The highest BCUT2D eigenvalue weighted by molar-refractivity contribution is 5.64. The van der Waals surface area contributed by atoms with E-state index in [0.717, 1.165) is 67.4 Å². The summed E-state index contributed by atoms with van der Waals surface area (Å²) < 4.78 is 21.3. The first kappa shape index (κ1) is 21.1. The van der Waals surface area contributed by atoms with E-state index in [9.17, 15) is 4.39 Å². The van der Waals surface area contributed by atoms with Crippen molar-refractivity contribution in [3.05, 3.63) is 72.1 Å². The van der Waals surface area contributed by atoms with E-state index in [4.69, 9.17) is 9.72 Å². The number of fused-ring (bicyclic) bond motifs is 1. The normalized spacial score (nSPS) is 21.2. The SMILES string of the molecule is Fc1cccc([C@H]2CNC[C@@H]2c2nnc3cc(-c4ccnc(NC5CCOCC5)n4)ccn23)c1. The van der Waals surface area contributed by atoms with Crippen LogP contribution >= 0.6 is 0 Å². The Bertz CT molecular complexity index is 1300. The van der Waals surface area contributed by atoms with Crippen LogP contribution in [-0.4, -0.2) is 56.9 Å². The Kier molecular flexibility index (Phi) is 5.64. The Hall–Kier alpha value is -3.43. The summed E-state index contributed by atoms with van der Waals surface area (Å²) in [6.07, 6.45) is 5.68. The lowest BCUT2D eigenvalue weighted by atomic mass is 9.88. The molecule has 2 fully saturated rings. The molecule has 0 amide bonds. The number of hydrogen-bond donors (Lipinski definition) is 2. The Morgan fingerprint density at radius 2 is 1.91 bits per heavy atom. The predicted molar refractivity (Wildman–Crippen MR) is 126 cm³/mol. The van der Waals surface area contributed by atoms with Gasteiger partial charge in [0.2, 0.25) is 5.95 Å². The van der Waals surface area contributed by atoms with Crippen molar-refractivity contribution in [2.75, 3.05) is 31.6 Å². The third-order valence-electron chi connectivity index (χ3n) is 6.76. The first-order valence-corrected chi connectivity index (χ1v) is 11.7. The van der Waals surface area contributed by atoms with Gasteiger partial charge in [-0.25, -0.2) is 14.4 Å². The maximum atomic E-state index is 13.8. The Labute approximate surface area is 196 Å². The lowest BCUT2D eigenvalue weighted by Crippen LogP contribution is -2.28. The smallest absolute Gasteiger partial charge is 0.223 e. The molecule has 0 unspecified atom stereocenters. The van der Waals surface area contributed by atoms with Gasteiger partial charge in [0.25, 0.3) is 0 Å². The van der Waals surface area contributed by atoms with Crippen molar-refractivity contribution in [3.8, 4) is 11.3 Å². The molecule has 0 bridgehead atoms. The summed E-state index contributed by atoms with van der Waals surface area (Å²) in [5, 5.41) is 15.8. The molecule has 5 heterocycles. The molecule has 3 aromatic heterocycles. The second-order valence-corrected chi connectivity index (χ2v) is 8.92. The maximum Gasteiger partial charge on any atom is 0.223 e. The van der Waals surface area contributed by atoms with E-state index in [2.05, 4.69) is 25.8 Å². The third kappa shape index (κ3) is 4.12. The summed E-state index contributed by atoms with van der Waals surface area (Å²) in [5.41, 5.74) is 3.52. The molecule has 9 heteroatoms. The summed E-state index contributed by atoms with van der Waals surface area (Å²) in [4.78, 5) is 9.11. The molecule has 2 aliphatic heterocycles. The number of benzene rings is 1. The zero-order valence-corrected chi connectivity index (χ0v) is 18.7. The molecular formula is C25H26FN7O. The average molecular weight is 460 g/mol. The van der Waals surface area contributed by atoms with Gasteiger partial charge in [-0.15, -0.1) is 10.2 Å². The van der Waals surface area contributed by atoms with E-state index in [1.54, 1.807) is 18.3 Å². The lowest BCUT2D eigenvalue weighted by Gasteiger charge is -2.23. The monoisotopic (exact) mass is 459 g/mol. The summed E-state index contributed by atoms with van der Waals surface area (Å²) in [7, 11) is 0. The molecule has 8 nitrogen and oxygen atoms in total. The van der Waals surface area contributed by atoms with Crippen LogP contribution in [0.4, 0.5) is 10.3 Å². The molecular weight excluding hydrogens is 433 g/mol. The van der Waals surface area contributed by atoms with Crippen molar-refractivity contribution in [2.24, 2.45) is 0 Å². The van der Waals surface area contributed by atoms with Crippen molar-refractivity contribution >= 4 is 11.6 Å². The van der Waals surface area contributed by atoms with Gasteiger partial charge in [0.05, 0.1) is 5.69 Å². The zero-order chi connectivity index (χ0) is 22.9. The maximum absolute atomic E-state index is 13.8. The van der Waals surface area contributed by atoms with Crippen LogP contribution in [-0.2, 0) is 4.74 Å². The van der Waals surface area contributed by atoms with E-state index < -0.39 is 0 Å². The minimum atomic E-state index is -0.213. The minimum absolute atomic E-state index is 0.108. The number of ether oxygens (including phenoxy) is 1. The predicted octanol–water partition coefficient (Wildman–Crippen LogP) is 3.39. The molecule has 6 rings (SSSR count). The molecule has 1 aromatic carbocycles. The first-order valence-electron chi connectivity index (χ1n) is 11.7. The second-order valence-electron chi connectivity index (χ2n) is 8.92. The van der Waals surface area contributed by atoms with Gasteiger partial charge < -0.3 is 15.4 Å². The molecule has 0 radical (unpaired) electrons. The van der Waals surface area contributed by atoms with E-state index in [-0.39, 0.29) is 17.7 Å². The van der Waals surface area contributed by atoms with Crippen molar-refractivity contribution in [1.82, 2.24) is 29.9 Å². The number of nitrogens with zero attached hydrogens (tertiary/aromatic N) is 5. The number of pyridine rings is 1. The number of nitrogens with one attached hydrogen (secondary N) is 2. The average Bonchev–Trinajstić information content (AvgIpc) is 3.51. The van der Waals surface area contributed by atoms with Crippen LogP contribution < -0.4 is 10.6 Å². The standard InChI is InChI=1S/C25H26FN7O/c26-18-3-1-2-16(12-18)20-14-27-15-21(20)24-32-31-23-13-17(5-9-33(23)24)22-4-8-28-25(30-22)29-19-6-10-34-11-7-19/h1-5,8-9,12-13,19-21,27H,6-7,10-11,14-15H2,(H,28,29,30)/t20-,21+/m1/s1. The molecule has 2 saturated heterocycles. The van der Waals surface area contributed by atoms with E-state index in [1.807, 2.05) is 34.9 Å². The van der Waals surface area contributed by atoms with Gasteiger partial charge in [-0.2, -0.15) is 0 Å². The van der Waals surface area contributed by atoms with Crippen molar-refractivity contribution in [2.45, 2.75) is 30.7 Å². The Morgan fingerprint density at radius 3 is 2.79 bits per heavy atom. The summed E-state index contributed by atoms with van der Waals surface area (Å²) in [5.74, 6) is 1.54. The first-order chi connectivity index (χ1) is 16.7. The molecule has 4 aromatic rings. The van der Waals surface area contributed by atoms with E-state index in [0.29, 0.717) is 12.0 Å². The fourth-order valence-corrected chi connectivity index (χ4v) is 4.97. The fourth-order valence-electron chi connectivity index (χ4n) is 4.97. The van der Waals surface area contributed by atoms with Crippen LogP contribution in [0, 0.1) is 5.82 Å². The van der Waals surface area contributed by atoms with Gasteiger partial charge in [0.15, 0.2) is 5.65 Å². The third-order valence-corrected chi connectivity index (χ3v) is 6.76. The van der Waals surface area contributed by atoms with Gasteiger partial charge in [0.1, 0.15) is 11.6 Å². The molecule has 0 spiro atoms. The molecule has 0 aliphatic carbocycles. The van der Waals surface area contributed by atoms with Crippen LogP contribution in [0.15, 0.2) is 54.9 Å². The second kappa shape index (κ2) is 9.08. The van der Waals surface area contributed by atoms with Gasteiger partial charge in [-0.05, 0) is 48.7 Å². The highest BCUT2D eigenvalue weighted by Gasteiger charge is 2.33. The minimum Gasteiger partial charge on any atom is -0.381 e. The molecule has 34 heavy (non-hydrogen) atoms. The molecule has 174 valence electrons. The number of rotatable bonds is 5. The van der Waals surface area contributed by atoms with Crippen LogP contribution in [0.1, 0.15) is 36.1 Å². The van der Waals surface area contributed by atoms with Crippen LogP contribution in [0.2, 0.25) is 0 Å².